The number of quaternary nitrogens is 1. The molecule has 0 bridgehead atoms. The van der Waals surface area contributed by atoms with Crippen molar-refractivity contribution in [1.29, 1.82) is 0 Å². The number of aromatic nitrogens is 1. The first-order chi connectivity index (χ1) is 11.3. The van der Waals surface area contributed by atoms with Gasteiger partial charge in [-0.25, -0.2) is 0 Å². The molecule has 1 aromatic heterocycles. The molecule has 1 amide bonds. The van der Waals surface area contributed by atoms with Crippen LogP contribution in [-0.2, 0) is 10.2 Å². The molecule has 0 fully saturated rings. The molecule has 0 aliphatic heterocycles. The number of carbonyl (C=O) groups excluding carboxylic acids is 1. The Bertz CT molecular complexity index is 647. The second kappa shape index (κ2) is 7.97. The largest absolute Gasteiger partial charge is 0.488 e. The topological polar surface area (TPSA) is 68.8 Å². The lowest BCUT2D eigenvalue weighted by atomic mass is 9.92. The summed E-state index contributed by atoms with van der Waals surface area (Å²) in [6.07, 6.45) is 0. The molecule has 1 aromatic carbocycles. The maximum atomic E-state index is 12.1. The predicted molar refractivity (Wildman–Crippen MR) is 92.4 cm³/mol. The molecule has 6 heteroatoms. The molecular weight excluding hydrogens is 306 g/mol. The first-order valence-electron chi connectivity index (χ1n) is 8.11. The Morgan fingerprint density at radius 3 is 2.62 bits per heavy atom. The highest BCUT2D eigenvalue weighted by atomic mass is 16.5. The number of para-hydroxylation sites is 1. The molecule has 24 heavy (non-hydrogen) atoms. The van der Waals surface area contributed by atoms with Gasteiger partial charge in [0, 0.05) is 11.5 Å². The van der Waals surface area contributed by atoms with Crippen LogP contribution in [0.5, 0.6) is 5.75 Å². The quantitative estimate of drug-likeness (QED) is 0.806. The van der Waals surface area contributed by atoms with Crippen LogP contribution in [0.2, 0.25) is 0 Å². The lowest BCUT2D eigenvalue weighted by molar-refractivity contribution is -0.871. The lowest BCUT2D eigenvalue weighted by Gasteiger charge is -2.14. The van der Waals surface area contributed by atoms with Gasteiger partial charge < -0.3 is 14.2 Å². The van der Waals surface area contributed by atoms with E-state index in [0.717, 1.165) is 22.9 Å². The van der Waals surface area contributed by atoms with E-state index in [4.69, 9.17) is 9.26 Å². The fourth-order valence-corrected chi connectivity index (χ4v) is 2.09. The number of rotatable bonds is 7. The van der Waals surface area contributed by atoms with Crippen molar-refractivity contribution in [3.8, 4) is 5.75 Å². The lowest BCUT2D eigenvalue weighted by Crippen LogP contribution is -3.10. The maximum Gasteiger partial charge on any atom is 0.281 e. The van der Waals surface area contributed by atoms with Crippen molar-refractivity contribution in [2.24, 2.45) is 0 Å². The molecule has 0 aliphatic carbocycles. The third-order valence-corrected chi connectivity index (χ3v) is 3.54. The first-order valence-corrected chi connectivity index (χ1v) is 8.11. The van der Waals surface area contributed by atoms with Crippen LogP contribution in [0, 0.1) is 0 Å². The Morgan fingerprint density at radius 2 is 2.00 bits per heavy atom. The Labute approximate surface area is 142 Å². The van der Waals surface area contributed by atoms with E-state index in [1.807, 2.05) is 58.2 Å². The molecular formula is C18H26N3O3+. The van der Waals surface area contributed by atoms with Crippen LogP contribution in [0.1, 0.15) is 26.5 Å². The average molecular weight is 332 g/mol. The fraction of sp³-hybridized carbons (Fsp3) is 0.444. The number of hydrogen-bond acceptors (Lipinski definition) is 4. The highest BCUT2D eigenvalue weighted by Gasteiger charge is 2.20. The molecule has 6 nitrogen and oxygen atoms in total. The molecule has 0 radical (unpaired) electrons. The summed E-state index contributed by atoms with van der Waals surface area (Å²) in [6.45, 7) is 7.75. The zero-order chi connectivity index (χ0) is 17.6. The summed E-state index contributed by atoms with van der Waals surface area (Å²) in [6, 6.07) is 11.4. The molecule has 1 unspecified atom stereocenters. The van der Waals surface area contributed by atoms with Gasteiger partial charge in [-0.15, -0.1) is 0 Å². The van der Waals surface area contributed by atoms with Crippen LogP contribution in [0.4, 0.5) is 5.88 Å². The molecule has 0 saturated carbocycles. The third-order valence-electron chi connectivity index (χ3n) is 3.54. The Morgan fingerprint density at radius 1 is 1.29 bits per heavy atom. The van der Waals surface area contributed by atoms with E-state index in [9.17, 15) is 4.79 Å². The van der Waals surface area contributed by atoms with Gasteiger partial charge in [-0.3, -0.25) is 10.1 Å². The van der Waals surface area contributed by atoms with E-state index >= 15 is 0 Å². The van der Waals surface area contributed by atoms with Crippen molar-refractivity contribution >= 4 is 11.8 Å². The van der Waals surface area contributed by atoms with Gasteiger partial charge in [-0.2, -0.15) is 0 Å². The standard InChI is InChI=1S/C18H25N3O3/c1-18(2,3)15-12-17(24-20-15)19-16(22)13-21(4)10-11-23-14-8-6-5-7-9-14/h5-9,12H,10-11,13H2,1-4H3,(H,19,22)/p+1. The summed E-state index contributed by atoms with van der Waals surface area (Å²) in [5, 5.41) is 6.73. The second-order valence-corrected chi connectivity index (χ2v) is 6.92. The summed E-state index contributed by atoms with van der Waals surface area (Å²) in [4.78, 5) is 13.1. The molecule has 1 atom stereocenters. The normalized spacial score (nSPS) is 12.7. The van der Waals surface area contributed by atoms with Crippen LogP contribution in [0.3, 0.4) is 0 Å². The zero-order valence-corrected chi connectivity index (χ0v) is 14.8. The van der Waals surface area contributed by atoms with Crippen molar-refractivity contribution in [1.82, 2.24) is 5.16 Å². The van der Waals surface area contributed by atoms with Crippen molar-refractivity contribution in [3.63, 3.8) is 0 Å². The Hall–Kier alpha value is -2.34. The molecule has 2 N–H and O–H groups in total. The highest BCUT2D eigenvalue weighted by Crippen LogP contribution is 2.23. The number of carbonyl (C=O) groups is 1. The van der Waals surface area contributed by atoms with E-state index in [0.29, 0.717) is 19.0 Å². The Balaban J connectivity index is 1.72. The predicted octanol–water partition coefficient (Wildman–Crippen LogP) is 1.50. The summed E-state index contributed by atoms with van der Waals surface area (Å²) in [5.74, 6) is 1.12. The average Bonchev–Trinajstić information content (AvgIpc) is 2.96. The van der Waals surface area contributed by atoms with E-state index in [1.54, 1.807) is 6.07 Å². The highest BCUT2D eigenvalue weighted by molar-refractivity contribution is 5.90. The number of likely N-dealkylation sites (N-methyl/N-ethyl adjacent to an activating group) is 1. The molecule has 0 spiro atoms. The first kappa shape index (κ1) is 18.0. The van der Waals surface area contributed by atoms with E-state index < -0.39 is 0 Å². The molecule has 1 heterocycles. The number of nitrogens with one attached hydrogen (secondary N) is 2. The molecule has 130 valence electrons. The number of ether oxygens (including phenoxy) is 1. The van der Waals surface area contributed by atoms with Crippen molar-refractivity contribution < 1.29 is 19.0 Å². The van der Waals surface area contributed by atoms with Crippen molar-refractivity contribution in [3.05, 3.63) is 42.1 Å². The zero-order valence-electron chi connectivity index (χ0n) is 14.8. The third kappa shape index (κ3) is 5.70. The van der Waals surface area contributed by atoms with Gasteiger partial charge in [-0.05, 0) is 12.1 Å². The number of hydrogen-bond donors (Lipinski definition) is 2. The van der Waals surface area contributed by atoms with E-state index in [-0.39, 0.29) is 11.3 Å². The number of nitrogens with zero attached hydrogens (tertiary/aromatic N) is 1. The van der Waals surface area contributed by atoms with Gasteiger partial charge in [-0.1, -0.05) is 44.1 Å². The van der Waals surface area contributed by atoms with Crippen LogP contribution < -0.4 is 15.0 Å². The summed E-state index contributed by atoms with van der Waals surface area (Å²) in [7, 11) is 1.95. The van der Waals surface area contributed by atoms with Crippen LogP contribution in [-0.4, -0.2) is 37.8 Å². The molecule has 0 saturated heterocycles. The minimum absolute atomic E-state index is 0.108. The number of benzene rings is 1. The summed E-state index contributed by atoms with van der Waals surface area (Å²) < 4.78 is 10.8. The van der Waals surface area contributed by atoms with Crippen molar-refractivity contribution in [2.75, 3.05) is 32.1 Å². The van der Waals surface area contributed by atoms with E-state index in [1.165, 1.54) is 0 Å². The van der Waals surface area contributed by atoms with Crippen LogP contribution in [0.15, 0.2) is 40.9 Å². The molecule has 2 rings (SSSR count). The maximum absolute atomic E-state index is 12.1. The van der Waals surface area contributed by atoms with Crippen LogP contribution >= 0.6 is 0 Å². The second-order valence-electron chi connectivity index (χ2n) is 6.92. The van der Waals surface area contributed by atoms with Gasteiger partial charge in [0.15, 0.2) is 6.54 Å². The van der Waals surface area contributed by atoms with Gasteiger partial charge in [0.25, 0.3) is 5.91 Å². The monoisotopic (exact) mass is 332 g/mol. The van der Waals surface area contributed by atoms with Crippen LogP contribution in [0.25, 0.3) is 0 Å². The van der Waals surface area contributed by atoms with Gasteiger partial charge in [0.05, 0.1) is 12.7 Å². The van der Waals surface area contributed by atoms with Gasteiger partial charge >= 0.3 is 0 Å². The van der Waals surface area contributed by atoms with Crippen molar-refractivity contribution in [2.45, 2.75) is 26.2 Å². The summed E-state index contributed by atoms with van der Waals surface area (Å²) >= 11 is 0. The molecule has 2 aromatic rings. The number of anilines is 1. The smallest absolute Gasteiger partial charge is 0.281 e. The number of amides is 1. The minimum atomic E-state index is -0.108. The minimum Gasteiger partial charge on any atom is -0.488 e. The molecule has 0 aliphatic rings. The summed E-state index contributed by atoms with van der Waals surface area (Å²) in [5.41, 5.74) is 0.707. The van der Waals surface area contributed by atoms with E-state index in [2.05, 4.69) is 10.5 Å². The Kier molecular flexibility index (Phi) is 5.98. The van der Waals surface area contributed by atoms with Gasteiger partial charge in [0.2, 0.25) is 5.88 Å². The SMILES string of the molecule is C[NH+](CCOc1ccccc1)CC(=O)Nc1cc(C(C)(C)C)no1. The fourth-order valence-electron chi connectivity index (χ4n) is 2.09. The van der Waals surface area contributed by atoms with Gasteiger partial charge in [0.1, 0.15) is 18.9 Å².